The molecule has 3 aromatic rings. The van der Waals surface area contributed by atoms with Crippen LogP contribution in [-0.2, 0) is 6.54 Å². The number of tetrazole rings is 1. The molecule has 0 atom stereocenters. The predicted octanol–water partition coefficient (Wildman–Crippen LogP) is 2.00. The first-order valence-electron chi connectivity index (χ1n) is 9.30. The normalized spacial score (nSPS) is 14.9. The van der Waals surface area contributed by atoms with Crippen molar-refractivity contribution in [3.63, 3.8) is 0 Å². The van der Waals surface area contributed by atoms with E-state index in [9.17, 15) is 0 Å². The van der Waals surface area contributed by atoms with Crippen molar-refractivity contribution in [2.75, 3.05) is 45.3 Å². The average Bonchev–Trinajstić information content (AvgIpc) is 3.25. The molecule has 1 fully saturated rings. The zero-order valence-corrected chi connectivity index (χ0v) is 16.2. The Hall–Kier alpha value is -3.13. The molecule has 1 aliphatic heterocycles. The Morgan fingerprint density at radius 3 is 2.43 bits per heavy atom. The summed E-state index contributed by atoms with van der Waals surface area (Å²) in [5.74, 6) is 2.51. The van der Waals surface area contributed by atoms with Crippen LogP contribution in [0.3, 0.4) is 0 Å². The zero-order chi connectivity index (χ0) is 19.3. The highest BCUT2D eigenvalue weighted by Crippen LogP contribution is 2.26. The van der Waals surface area contributed by atoms with Crippen molar-refractivity contribution in [3.05, 3.63) is 54.1 Å². The van der Waals surface area contributed by atoms with Gasteiger partial charge in [0.2, 0.25) is 5.95 Å². The monoisotopic (exact) mass is 380 g/mol. The first kappa shape index (κ1) is 18.2. The van der Waals surface area contributed by atoms with Crippen molar-refractivity contribution < 1.29 is 9.47 Å². The summed E-state index contributed by atoms with van der Waals surface area (Å²) in [5, 5.41) is 12.3. The van der Waals surface area contributed by atoms with Crippen LogP contribution in [0.1, 0.15) is 5.56 Å². The largest absolute Gasteiger partial charge is 0.497 e. The molecule has 8 heteroatoms. The first-order chi connectivity index (χ1) is 13.8. The quantitative estimate of drug-likeness (QED) is 0.648. The number of hydrogen-bond donors (Lipinski definition) is 0. The van der Waals surface area contributed by atoms with Crippen LogP contribution in [0.25, 0.3) is 5.69 Å². The highest BCUT2D eigenvalue weighted by molar-refractivity contribution is 5.42. The Labute approximate surface area is 164 Å². The van der Waals surface area contributed by atoms with Gasteiger partial charge in [0.15, 0.2) is 0 Å². The van der Waals surface area contributed by atoms with Crippen LogP contribution in [0.4, 0.5) is 5.95 Å². The van der Waals surface area contributed by atoms with Gasteiger partial charge >= 0.3 is 0 Å². The lowest BCUT2D eigenvalue weighted by Gasteiger charge is -2.35. The Morgan fingerprint density at radius 2 is 1.71 bits per heavy atom. The molecule has 1 aromatic heterocycles. The number of aromatic nitrogens is 4. The first-order valence-corrected chi connectivity index (χ1v) is 9.30. The Morgan fingerprint density at radius 1 is 0.929 bits per heavy atom. The minimum Gasteiger partial charge on any atom is -0.497 e. The Balaban J connectivity index is 1.43. The SMILES string of the molecule is COc1ccc(OC)c(CN2CCN(c3nnnn3-c3ccccc3)CC2)c1. The lowest BCUT2D eigenvalue weighted by Crippen LogP contribution is -2.46. The number of benzene rings is 2. The second-order valence-electron chi connectivity index (χ2n) is 6.67. The van der Waals surface area contributed by atoms with Gasteiger partial charge in [0.25, 0.3) is 0 Å². The third-order valence-electron chi connectivity index (χ3n) is 4.99. The summed E-state index contributed by atoms with van der Waals surface area (Å²) < 4.78 is 12.7. The van der Waals surface area contributed by atoms with Crippen LogP contribution < -0.4 is 14.4 Å². The molecule has 0 bridgehead atoms. The van der Waals surface area contributed by atoms with Gasteiger partial charge in [-0.1, -0.05) is 23.3 Å². The fourth-order valence-corrected chi connectivity index (χ4v) is 3.47. The molecular formula is C20H24N6O2. The molecule has 1 saturated heterocycles. The van der Waals surface area contributed by atoms with Crippen molar-refractivity contribution in [3.8, 4) is 17.2 Å². The molecule has 1 aliphatic rings. The third-order valence-corrected chi connectivity index (χ3v) is 4.99. The van der Waals surface area contributed by atoms with Crippen LogP contribution in [0, 0.1) is 0 Å². The molecule has 0 spiro atoms. The fourth-order valence-electron chi connectivity index (χ4n) is 3.47. The zero-order valence-electron chi connectivity index (χ0n) is 16.2. The van der Waals surface area contributed by atoms with Gasteiger partial charge < -0.3 is 14.4 Å². The van der Waals surface area contributed by atoms with Gasteiger partial charge in [0.05, 0.1) is 19.9 Å². The summed E-state index contributed by atoms with van der Waals surface area (Å²) in [6.07, 6.45) is 0. The summed E-state index contributed by atoms with van der Waals surface area (Å²) in [5.41, 5.74) is 2.09. The van der Waals surface area contributed by atoms with Gasteiger partial charge in [-0.3, -0.25) is 4.90 Å². The highest BCUT2D eigenvalue weighted by atomic mass is 16.5. The summed E-state index contributed by atoms with van der Waals surface area (Å²) in [4.78, 5) is 4.64. The van der Waals surface area contributed by atoms with Crippen molar-refractivity contribution in [1.82, 2.24) is 25.1 Å². The molecule has 0 aliphatic carbocycles. The fraction of sp³-hybridized carbons (Fsp3) is 0.350. The van der Waals surface area contributed by atoms with E-state index in [0.717, 1.165) is 61.4 Å². The van der Waals surface area contributed by atoms with E-state index >= 15 is 0 Å². The minimum absolute atomic E-state index is 0.782. The van der Waals surface area contributed by atoms with Crippen molar-refractivity contribution in [1.29, 1.82) is 0 Å². The molecule has 4 rings (SSSR count). The third kappa shape index (κ3) is 3.77. The molecule has 0 N–H and O–H groups in total. The number of para-hydroxylation sites is 1. The van der Waals surface area contributed by atoms with Gasteiger partial charge in [0.1, 0.15) is 11.5 Å². The second kappa shape index (κ2) is 8.26. The molecule has 0 radical (unpaired) electrons. The molecule has 0 saturated carbocycles. The number of anilines is 1. The molecule has 146 valence electrons. The second-order valence-corrected chi connectivity index (χ2v) is 6.67. The van der Waals surface area contributed by atoms with E-state index in [1.807, 2.05) is 48.5 Å². The number of nitrogens with zero attached hydrogens (tertiary/aromatic N) is 6. The Kier molecular flexibility index (Phi) is 5.38. The summed E-state index contributed by atoms with van der Waals surface area (Å²) in [6.45, 7) is 4.38. The van der Waals surface area contributed by atoms with Crippen LogP contribution in [0.5, 0.6) is 11.5 Å². The van der Waals surface area contributed by atoms with Gasteiger partial charge in [-0.05, 0) is 40.8 Å². The van der Waals surface area contributed by atoms with E-state index in [-0.39, 0.29) is 0 Å². The summed E-state index contributed by atoms with van der Waals surface area (Å²) >= 11 is 0. The lowest BCUT2D eigenvalue weighted by atomic mass is 10.1. The number of methoxy groups -OCH3 is 2. The van der Waals surface area contributed by atoms with E-state index in [4.69, 9.17) is 9.47 Å². The van der Waals surface area contributed by atoms with Crippen LogP contribution in [-0.4, -0.2) is 65.5 Å². The molecular weight excluding hydrogens is 356 g/mol. The van der Waals surface area contributed by atoms with E-state index in [0.29, 0.717) is 0 Å². The van der Waals surface area contributed by atoms with Crippen molar-refractivity contribution >= 4 is 5.95 Å². The Bertz CT molecular complexity index is 906. The summed E-state index contributed by atoms with van der Waals surface area (Å²) in [6, 6.07) is 15.9. The van der Waals surface area contributed by atoms with Gasteiger partial charge in [0, 0.05) is 38.3 Å². The van der Waals surface area contributed by atoms with Crippen molar-refractivity contribution in [2.45, 2.75) is 6.54 Å². The predicted molar refractivity (Wildman–Crippen MR) is 106 cm³/mol. The average molecular weight is 380 g/mol. The number of rotatable bonds is 6. The van der Waals surface area contributed by atoms with Crippen LogP contribution in [0.2, 0.25) is 0 Å². The van der Waals surface area contributed by atoms with Gasteiger partial charge in [-0.25, -0.2) is 0 Å². The number of piperazine rings is 1. The topological polar surface area (TPSA) is 68.5 Å². The van der Waals surface area contributed by atoms with E-state index in [1.165, 1.54) is 0 Å². The van der Waals surface area contributed by atoms with E-state index in [1.54, 1.807) is 18.9 Å². The maximum atomic E-state index is 5.51. The highest BCUT2D eigenvalue weighted by Gasteiger charge is 2.23. The van der Waals surface area contributed by atoms with Gasteiger partial charge in [-0.2, -0.15) is 4.68 Å². The lowest BCUT2D eigenvalue weighted by molar-refractivity contribution is 0.244. The maximum Gasteiger partial charge on any atom is 0.250 e. The van der Waals surface area contributed by atoms with Crippen LogP contribution in [0.15, 0.2) is 48.5 Å². The van der Waals surface area contributed by atoms with E-state index < -0.39 is 0 Å². The van der Waals surface area contributed by atoms with Gasteiger partial charge in [-0.15, -0.1) is 0 Å². The van der Waals surface area contributed by atoms with Crippen molar-refractivity contribution in [2.24, 2.45) is 0 Å². The number of ether oxygens (including phenoxy) is 2. The molecule has 0 amide bonds. The molecule has 28 heavy (non-hydrogen) atoms. The molecule has 8 nitrogen and oxygen atoms in total. The van der Waals surface area contributed by atoms with Crippen LogP contribution >= 0.6 is 0 Å². The molecule has 2 aromatic carbocycles. The molecule has 2 heterocycles. The molecule has 0 unspecified atom stereocenters. The standard InChI is InChI=1S/C20H24N6O2/c1-27-18-8-9-19(28-2)16(14-18)15-24-10-12-25(13-11-24)20-21-22-23-26(20)17-6-4-3-5-7-17/h3-9,14H,10-13,15H2,1-2H3. The number of hydrogen-bond acceptors (Lipinski definition) is 7. The maximum absolute atomic E-state index is 5.51. The summed E-state index contributed by atoms with van der Waals surface area (Å²) in [7, 11) is 3.38. The smallest absolute Gasteiger partial charge is 0.250 e. The minimum atomic E-state index is 0.782. The van der Waals surface area contributed by atoms with E-state index in [2.05, 4.69) is 25.3 Å².